The van der Waals surface area contributed by atoms with Crippen LogP contribution in [0.15, 0.2) is 29.3 Å². The molecule has 5 nitrogen and oxygen atoms in total. The number of hydrogen-bond acceptors (Lipinski definition) is 4. The first-order valence-electron chi connectivity index (χ1n) is 4.64. The zero-order valence-electron chi connectivity index (χ0n) is 8.56. The highest BCUT2D eigenvalue weighted by atomic mass is 16.1. The maximum Gasteiger partial charge on any atom is 0.266 e. The van der Waals surface area contributed by atoms with Gasteiger partial charge in [-0.25, -0.2) is 0 Å². The number of aromatic nitrogens is 3. The average Bonchev–Trinajstić information content (AvgIpc) is 2.29. The minimum atomic E-state index is -0.412. The number of hydrogen-bond donors (Lipinski definition) is 1. The molecule has 0 spiro atoms. The molecule has 0 aliphatic rings. The molecule has 2 aromatic heterocycles. The number of nitrogens with one attached hydrogen (secondary N) is 1. The molecule has 0 amide bonds. The van der Waals surface area contributed by atoms with Crippen molar-refractivity contribution in [3.63, 3.8) is 0 Å². The van der Waals surface area contributed by atoms with Gasteiger partial charge in [0.25, 0.3) is 5.56 Å². The van der Waals surface area contributed by atoms with Crippen LogP contribution in [0.25, 0.3) is 11.4 Å². The van der Waals surface area contributed by atoms with Crippen molar-refractivity contribution in [3.8, 4) is 17.5 Å². The lowest BCUT2D eigenvalue weighted by Gasteiger charge is -2.02. The number of pyridine rings is 1. The minimum absolute atomic E-state index is 0.0882. The number of nitrogens with zero attached hydrogens (tertiary/aromatic N) is 3. The molecule has 0 bridgehead atoms. The summed E-state index contributed by atoms with van der Waals surface area (Å²) in [5.74, 6) is 0. The summed E-state index contributed by atoms with van der Waals surface area (Å²) < 4.78 is 0. The summed E-state index contributed by atoms with van der Waals surface area (Å²) in [7, 11) is 0. The van der Waals surface area contributed by atoms with Gasteiger partial charge in [-0.2, -0.15) is 5.26 Å². The Morgan fingerprint density at radius 1 is 1.31 bits per heavy atom. The lowest BCUT2D eigenvalue weighted by Crippen LogP contribution is -2.11. The molecule has 16 heavy (non-hydrogen) atoms. The molecule has 78 valence electrons. The number of nitriles is 1. The van der Waals surface area contributed by atoms with Crippen molar-refractivity contribution in [1.82, 2.24) is 15.0 Å². The molecule has 0 fully saturated rings. The maximum atomic E-state index is 11.4. The molecule has 2 rings (SSSR count). The highest BCUT2D eigenvalue weighted by molar-refractivity contribution is 5.56. The predicted molar refractivity (Wildman–Crippen MR) is 57.5 cm³/mol. The zero-order valence-corrected chi connectivity index (χ0v) is 8.56. The average molecular weight is 212 g/mol. The van der Waals surface area contributed by atoms with Gasteiger partial charge < -0.3 is 4.98 Å². The van der Waals surface area contributed by atoms with Crippen molar-refractivity contribution in [2.24, 2.45) is 0 Å². The van der Waals surface area contributed by atoms with Crippen LogP contribution in [0.5, 0.6) is 0 Å². The van der Waals surface area contributed by atoms with Crippen LogP contribution >= 0.6 is 0 Å². The lowest BCUT2D eigenvalue weighted by molar-refractivity contribution is 1.09. The number of aromatic amines is 1. The Labute approximate surface area is 91.4 Å². The third-order valence-electron chi connectivity index (χ3n) is 2.17. The fourth-order valence-electron chi connectivity index (χ4n) is 1.37. The summed E-state index contributed by atoms with van der Waals surface area (Å²) in [4.78, 5) is 22.2. The molecule has 2 aromatic rings. The van der Waals surface area contributed by atoms with Crippen LogP contribution in [0.2, 0.25) is 0 Å². The van der Waals surface area contributed by atoms with E-state index in [0.29, 0.717) is 11.4 Å². The Morgan fingerprint density at radius 2 is 2.06 bits per heavy atom. The first-order chi connectivity index (χ1) is 7.72. The van der Waals surface area contributed by atoms with E-state index in [-0.39, 0.29) is 5.56 Å². The summed E-state index contributed by atoms with van der Waals surface area (Å²) in [5.41, 5.74) is 1.58. The van der Waals surface area contributed by atoms with Gasteiger partial charge in [-0.3, -0.25) is 14.8 Å². The van der Waals surface area contributed by atoms with Crippen LogP contribution in [-0.4, -0.2) is 15.0 Å². The SMILES string of the molecule is Cc1nccnc1-c1ccc(C#N)c(=O)[nH]1. The first kappa shape index (κ1) is 10.1. The van der Waals surface area contributed by atoms with Gasteiger partial charge in [0.05, 0.1) is 11.4 Å². The monoisotopic (exact) mass is 212 g/mol. The largest absolute Gasteiger partial charge is 0.319 e. The van der Waals surface area contributed by atoms with Gasteiger partial charge in [0.15, 0.2) is 0 Å². The van der Waals surface area contributed by atoms with E-state index in [1.54, 1.807) is 25.4 Å². The van der Waals surface area contributed by atoms with E-state index < -0.39 is 5.56 Å². The topological polar surface area (TPSA) is 82.4 Å². The molecule has 0 aliphatic carbocycles. The van der Waals surface area contributed by atoms with Crippen molar-refractivity contribution >= 4 is 0 Å². The van der Waals surface area contributed by atoms with E-state index in [1.165, 1.54) is 6.07 Å². The predicted octanol–water partition coefficient (Wildman–Crippen LogP) is 1.01. The van der Waals surface area contributed by atoms with Gasteiger partial charge in [-0.15, -0.1) is 0 Å². The lowest BCUT2D eigenvalue weighted by atomic mass is 10.2. The summed E-state index contributed by atoms with van der Waals surface area (Å²) in [6.45, 7) is 1.80. The highest BCUT2D eigenvalue weighted by Gasteiger charge is 2.06. The Kier molecular flexibility index (Phi) is 2.48. The van der Waals surface area contributed by atoms with Crippen LogP contribution in [-0.2, 0) is 0 Å². The molecule has 1 N–H and O–H groups in total. The van der Waals surface area contributed by atoms with Crippen molar-refractivity contribution in [3.05, 3.63) is 46.1 Å². The molecule has 0 radical (unpaired) electrons. The van der Waals surface area contributed by atoms with E-state index in [4.69, 9.17) is 5.26 Å². The molecule has 2 heterocycles. The second kappa shape index (κ2) is 3.95. The number of rotatable bonds is 1. The maximum absolute atomic E-state index is 11.4. The summed E-state index contributed by atoms with van der Waals surface area (Å²) in [6.07, 6.45) is 3.14. The van der Waals surface area contributed by atoms with Gasteiger partial charge in [0.2, 0.25) is 0 Å². The van der Waals surface area contributed by atoms with Crippen molar-refractivity contribution in [1.29, 1.82) is 5.26 Å². The summed E-state index contributed by atoms with van der Waals surface area (Å²) in [6, 6.07) is 4.93. The first-order valence-corrected chi connectivity index (χ1v) is 4.64. The summed E-state index contributed by atoms with van der Waals surface area (Å²) >= 11 is 0. The Morgan fingerprint density at radius 3 is 2.69 bits per heavy atom. The normalized spacial score (nSPS) is 9.75. The minimum Gasteiger partial charge on any atom is -0.319 e. The fraction of sp³-hybridized carbons (Fsp3) is 0.0909. The highest BCUT2D eigenvalue weighted by Crippen LogP contribution is 2.14. The van der Waals surface area contributed by atoms with E-state index in [9.17, 15) is 4.79 Å². The molecule has 0 aromatic carbocycles. The second-order valence-electron chi connectivity index (χ2n) is 3.22. The fourth-order valence-corrected chi connectivity index (χ4v) is 1.37. The quantitative estimate of drug-likeness (QED) is 0.764. The molecule has 0 aliphatic heterocycles. The van der Waals surface area contributed by atoms with E-state index in [2.05, 4.69) is 15.0 Å². The third-order valence-corrected chi connectivity index (χ3v) is 2.17. The Hall–Kier alpha value is -2.48. The smallest absolute Gasteiger partial charge is 0.266 e. The van der Waals surface area contributed by atoms with E-state index >= 15 is 0 Å². The molecular formula is C11H8N4O. The van der Waals surface area contributed by atoms with Crippen LogP contribution in [0.3, 0.4) is 0 Å². The standard InChI is InChI=1S/C11H8N4O/c1-7-10(14-5-4-13-7)9-3-2-8(6-12)11(16)15-9/h2-5H,1H3,(H,15,16). The molecule has 5 heteroatoms. The molecule has 0 atom stereocenters. The third kappa shape index (κ3) is 1.68. The van der Waals surface area contributed by atoms with Crippen LogP contribution in [0.1, 0.15) is 11.3 Å². The molecule has 0 unspecified atom stereocenters. The van der Waals surface area contributed by atoms with Crippen molar-refractivity contribution in [2.45, 2.75) is 6.92 Å². The van der Waals surface area contributed by atoms with Crippen LogP contribution < -0.4 is 5.56 Å². The van der Waals surface area contributed by atoms with Crippen molar-refractivity contribution < 1.29 is 0 Å². The molecular weight excluding hydrogens is 204 g/mol. The number of H-pyrrole nitrogens is 1. The number of aryl methyl sites for hydroxylation is 1. The van der Waals surface area contributed by atoms with Gasteiger partial charge in [0, 0.05) is 12.4 Å². The van der Waals surface area contributed by atoms with Gasteiger partial charge >= 0.3 is 0 Å². The Bertz CT molecular complexity index is 624. The van der Waals surface area contributed by atoms with E-state index in [0.717, 1.165) is 5.69 Å². The van der Waals surface area contributed by atoms with Gasteiger partial charge in [-0.1, -0.05) is 0 Å². The summed E-state index contributed by atoms with van der Waals surface area (Å²) in [5, 5.41) is 8.64. The Balaban J connectivity index is 2.60. The van der Waals surface area contributed by atoms with Gasteiger partial charge in [0.1, 0.15) is 17.3 Å². The second-order valence-corrected chi connectivity index (χ2v) is 3.22. The van der Waals surface area contributed by atoms with E-state index in [1.807, 2.05) is 6.07 Å². The van der Waals surface area contributed by atoms with Crippen molar-refractivity contribution in [2.75, 3.05) is 0 Å². The van der Waals surface area contributed by atoms with Gasteiger partial charge in [-0.05, 0) is 19.1 Å². The zero-order chi connectivity index (χ0) is 11.5. The molecule has 0 saturated heterocycles. The van der Waals surface area contributed by atoms with Crippen LogP contribution in [0, 0.1) is 18.3 Å². The van der Waals surface area contributed by atoms with Crippen LogP contribution in [0.4, 0.5) is 0 Å². The molecule has 0 saturated carbocycles.